The number of nitrogens with zero attached hydrogens (tertiary/aromatic N) is 4. The van der Waals surface area contributed by atoms with E-state index in [4.69, 9.17) is 23.2 Å². The van der Waals surface area contributed by atoms with E-state index in [-0.39, 0.29) is 0 Å². The van der Waals surface area contributed by atoms with Crippen molar-refractivity contribution in [3.05, 3.63) is 64.2 Å². The van der Waals surface area contributed by atoms with Gasteiger partial charge in [0.1, 0.15) is 5.82 Å². The molecule has 0 saturated heterocycles. The van der Waals surface area contributed by atoms with E-state index >= 15 is 0 Å². The van der Waals surface area contributed by atoms with E-state index in [1.54, 1.807) is 0 Å². The van der Waals surface area contributed by atoms with Crippen LogP contribution in [0, 0.1) is 6.92 Å². The van der Waals surface area contributed by atoms with Crippen LogP contribution >= 0.6 is 23.2 Å². The Hall–Kier alpha value is -2.30. The number of aromatic nitrogens is 4. The fourth-order valence-electron chi connectivity index (χ4n) is 3.55. The number of hydrogen-bond donors (Lipinski definition) is 0. The summed E-state index contributed by atoms with van der Waals surface area (Å²) < 4.78 is 4.27. The van der Waals surface area contributed by atoms with Gasteiger partial charge in [-0.15, -0.1) is 10.2 Å². The van der Waals surface area contributed by atoms with Crippen molar-refractivity contribution in [1.29, 1.82) is 0 Å². The molecule has 0 fully saturated rings. The summed E-state index contributed by atoms with van der Waals surface area (Å²) in [5.74, 6) is 1.73. The standard InChI is InChI=1S/C18H12Cl2N4/c1-10-21-22-16-9-23-14-5-3-2-4-12(14)17(20)18(23)13-8-11(19)6-7-15(13)24(10)16/h2-8H,9H2,1H3. The van der Waals surface area contributed by atoms with E-state index < -0.39 is 0 Å². The molecular formula is C18H12Cl2N4. The molecule has 118 valence electrons. The summed E-state index contributed by atoms with van der Waals surface area (Å²) in [5, 5.41) is 11.1. The summed E-state index contributed by atoms with van der Waals surface area (Å²) in [7, 11) is 0. The van der Waals surface area contributed by atoms with Crippen molar-refractivity contribution in [2.45, 2.75) is 13.5 Å². The monoisotopic (exact) mass is 354 g/mol. The van der Waals surface area contributed by atoms with Crippen LogP contribution in [0.5, 0.6) is 0 Å². The molecule has 0 N–H and O–H groups in total. The average Bonchev–Trinajstić information content (AvgIpc) is 3.02. The van der Waals surface area contributed by atoms with Crippen LogP contribution in [-0.4, -0.2) is 19.3 Å². The summed E-state index contributed by atoms with van der Waals surface area (Å²) in [6, 6.07) is 14.0. The van der Waals surface area contributed by atoms with Gasteiger partial charge in [-0.05, 0) is 31.2 Å². The van der Waals surface area contributed by atoms with Crippen molar-refractivity contribution >= 4 is 34.1 Å². The van der Waals surface area contributed by atoms with Gasteiger partial charge in [0.2, 0.25) is 0 Å². The molecule has 1 aliphatic heterocycles. The largest absolute Gasteiger partial charge is 0.331 e. The summed E-state index contributed by atoms with van der Waals surface area (Å²) in [6.45, 7) is 2.56. The van der Waals surface area contributed by atoms with Gasteiger partial charge in [-0.3, -0.25) is 4.57 Å². The molecule has 0 aliphatic carbocycles. The Morgan fingerprint density at radius 2 is 1.88 bits per heavy atom. The zero-order valence-corrected chi connectivity index (χ0v) is 14.3. The van der Waals surface area contributed by atoms with Crippen molar-refractivity contribution in [2.75, 3.05) is 0 Å². The van der Waals surface area contributed by atoms with Crippen molar-refractivity contribution in [3.63, 3.8) is 0 Å². The fourth-order valence-corrected chi connectivity index (χ4v) is 4.08. The highest BCUT2D eigenvalue weighted by molar-refractivity contribution is 6.39. The third-order valence-electron chi connectivity index (χ3n) is 4.56. The first-order chi connectivity index (χ1) is 11.6. The lowest BCUT2D eigenvalue weighted by molar-refractivity contribution is 0.765. The minimum Gasteiger partial charge on any atom is -0.331 e. The van der Waals surface area contributed by atoms with Gasteiger partial charge in [0.05, 0.1) is 28.5 Å². The molecule has 6 heteroatoms. The van der Waals surface area contributed by atoms with Crippen molar-refractivity contribution in [2.24, 2.45) is 0 Å². The number of benzene rings is 2. The molecule has 24 heavy (non-hydrogen) atoms. The lowest BCUT2D eigenvalue weighted by Gasteiger charge is -2.11. The van der Waals surface area contributed by atoms with Crippen LogP contribution in [0.25, 0.3) is 27.8 Å². The highest BCUT2D eigenvalue weighted by Crippen LogP contribution is 2.43. The number of rotatable bonds is 0. The van der Waals surface area contributed by atoms with Gasteiger partial charge in [-0.1, -0.05) is 41.4 Å². The molecule has 0 amide bonds. The van der Waals surface area contributed by atoms with Crippen LogP contribution in [0.4, 0.5) is 0 Å². The molecule has 2 aromatic heterocycles. The molecule has 4 aromatic rings. The van der Waals surface area contributed by atoms with Crippen LogP contribution in [0.3, 0.4) is 0 Å². The molecule has 0 unspecified atom stereocenters. The van der Waals surface area contributed by atoms with Crippen LogP contribution in [0.2, 0.25) is 10.0 Å². The van der Waals surface area contributed by atoms with Gasteiger partial charge >= 0.3 is 0 Å². The maximum Gasteiger partial charge on any atom is 0.157 e. The smallest absolute Gasteiger partial charge is 0.157 e. The summed E-state index contributed by atoms with van der Waals surface area (Å²) in [6.07, 6.45) is 0. The Balaban J connectivity index is 1.99. The molecule has 0 saturated carbocycles. The molecule has 4 nitrogen and oxygen atoms in total. The lowest BCUT2D eigenvalue weighted by Crippen LogP contribution is -2.05. The highest BCUT2D eigenvalue weighted by Gasteiger charge is 2.26. The second-order valence-electron chi connectivity index (χ2n) is 5.93. The lowest BCUT2D eigenvalue weighted by atomic mass is 10.1. The molecule has 5 rings (SSSR count). The first kappa shape index (κ1) is 14.1. The number of aryl methyl sites for hydroxylation is 1. The van der Waals surface area contributed by atoms with E-state index in [0.29, 0.717) is 11.6 Å². The van der Waals surface area contributed by atoms with E-state index in [0.717, 1.165) is 44.5 Å². The van der Waals surface area contributed by atoms with Gasteiger partial charge in [0.25, 0.3) is 0 Å². The third kappa shape index (κ3) is 1.75. The van der Waals surface area contributed by atoms with Crippen molar-refractivity contribution in [1.82, 2.24) is 19.3 Å². The SMILES string of the molecule is Cc1nnc2n1-c1ccc(Cl)cc1-c1c(Cl)c3ccccc3n1C2. The quantitative estimate of drug-likeness (QED) is 0.397. The fraction of sp³-hybridized carbons (Fsp3) is 0.111. The highest BCUT2D eigenvalue weighted by atomic mass is 35.5. The van der Waals surface area contributed by atoms with Crippen LogP contribution in [-0.2, 0) is 6.54 Å². The molecule has 0 bridgehead atoms. The zero-order valence-electron chi connectivity index (χ0n) is 12.8. The van der Waals surface area contributed by atoms with Gasteiger partial charge in [0, 0.05) is 16.0 Å². The Kier molecular flexibility index (Phi) is 2.84. The van der Waals surface area contributed by atoms with Crippen LogP contribution in [0.1, 0.15) is 11.6 Å². The van der Waals surface area contributed by atoms with Crippen molar-refractivity contribution in [3.8, 4) is 16.9 Å². The maximum atomic E-state index is 6.77. The van der Waals surface area contributed by atoms with E-state index in [9.17, 15) is 0 Å². The number of halogens is 2. The van der Waals surface area contributed by atoms with E-state index in [1.807, 2.05) is 43.3 Å². The van der Waals surface area contributed by atoms with E-state index in [1.165, 1.54) is 0 Å². The van der Waals surface area contributed by atoms with Gasteiger partial charge < -0.3 is 4.57 Å². The number of para-hydroxylation sites is 1. The second-order valence-corrected chi connectivity index (χ2v) is 6.74. The molecular weight excluding hydrogens is 343 g/mol. The first-order valence-corrected chi connectivity index (χ1v) is 8.38. The van der Waals surface area contributed by atoms with Crippen molar-refractivity contribution < 1.29 is 0 Å². The summed E-state index contributed by atoms with van der Waals surface area (Å²) in [5.41, 5.74) is 4.04. The predicted octanol–water partition coefficient (Wildman–Crippen LogP) is 4.87. The summed E-state index contributed by atoms with van der Waals surface area (Å²) >= 11 is 13.1. The molecule has 0 atom stereocenters. The predicted molar refractivity (Wildman–Crippen MR) is 96.2 cm³/mol. The Bertz CT molecular complexity index is 1120. The zero-order chi connectivity index (χ0) is 16.4. The summed E-state index contributed by atoms with van der Waals surface area (Å²) in [4.78, 5) is 0. The molecule has 1 aliphatic rings. The maximum absolute atomic E-state index is 6.77. The minimum atomic E-state index is 0.607. The van der Waals surface area contributed by atoms with E-state index in [2.05, 4.69) is 25.4 Å². The molecule has 3 heterocycles. The number of fused-ring (bicyclic) bond motifs is 7. The second kappa shape index (κ2) is 4.85. The Morgan fingerprint density at radius 3 is 2.75 bits per heavy atom. The minimum absolute atomic E-state index is 0.607. The number of hydrogen-bond acceptors (Lipinski definition) is 2. The Labute approximate surface area is 148 Å². The molecule has 0 radical (unpaired) electrons. The first-order valence-electron chi connectivity index (χ1n) is 7.63. The Morgan fingerprint density at radius 1 is 1.04 bits per heavy atom. The van der Waals surface area contributed by atoms with Gasteiger partial charge in [0.15, 0.2) is 5.82 Å². The normalized spacial score (nSPS) is 12.6. The topological polar surface area (TPSA) is 35.6 Å². The third-order valence-corrected chi connectivity index (χ3v) is 5.17. The van der Waals surface area contributed by atoms with Gasteiger partial charge in [-0.2, -0.15) is 0 Å². The van der Waals surface area contributed by atoms with Gasteiger partial charge in [-0.25, -0.2) is 0 Å². The van der Waals surface area contributed by atoms with Crippen LogP contribution < -0.4 is 0 Å². The molecule has 2 aromatic carbocycles. The molecule has 0 spiro atoms. The van der Waals surface area contributed by atoms with Crippen LogP contribution in [0.15, 0.2) is 42.5 Å². The average molecular weight is 355 g/mol.